The second-order valence-electron chi connectivity index (χ2n) is 5.98. The van der Waals surface area contributed by atoms with Gasteiger partial charge >= 0.3 is 11.9 Å². The molecule has 0 bridgehead atoms. The standard InChI is InChI=1S/C14H19F2N3O6S/c1-14(2,3)25-10(20)8-26(22,23)19(7-9(15)16)12-11(13(21)24-4)17-5-6-18-12/h5-6,9H,7-8H2,1-4H3. The predicted octanol–water partition coefficient (Wildman–Crippen LogP) is 1.01. The lowest BCUT2D eigenvalue weighted by atomic mass is 10.2. The van der Waals surface area contributed by atoms with E-state index in [1.165, 1.54) is 20.8 Å². The van der Waals surface area contributed by atoms with Crippen molar-refractivity contribution in [2.75, 3.05) is 23.7 Å². The van der Waals surface area contributed by atoms with Gasteiger partial charge in [0.1, 0.15) is 5.60 Å². The summed E-state index contributed by atoms with van der Waals surface area (Å²) in [6.45, 7) is 3.24. The third kappa shape index (κ3) is 6.17. The number of hydrogen-bond acceptors (Lipinski definition) is 8. The molecule has 0 radical (unpaired) electrons. The molecule has 0 spiro atoms. The van der Waals surface area contributed by atoms with Crippen molar-refractivity contribution in [2.45, 2.75) is 32.8 Å². The fraction of sp³-hybridized carbons (Fsp3) is 0.571. The summed E-state index contributed by atoms with van der Waals surface area (Å²) in [4.78, 5) is 30.8. The minimum Gasteiger partial charge on any atom is -0.464 e. The van der Waals surface area contributed by atoms with Crippen molar-refractivity contribution in [2.24, 2.45) is 0 Å². The molecule has 0 aliphatic heterocycles. The highest BCUT2D eigenvalue weighted by Crippen LogP contribution is 2.22. The van der Waals surface area contributed by atoms with Crippen LogP contribution in [0, 0.1) is 0 Å². The van der Waals surface area contributed by atoms with Crippen LogP contribution in [-0.4, -0.2) is 61.8 Å². The van der Waals surface area contributed by atoms with Crippen LogP contribution in [0.15, 0.2) is 12.4 Å². The highest BCUT2D eigenvalue weighted by molar-refractivity contribution is 7.93. The number of methoxy groups -OCH3 is 1. The first-order chi connectivity index (χ1) is 11.9. The van der Waals surface area contributed by atoms with E-state index in [4.69, 9.17) is 4.74 Å². The molecule has 0 saturated carbocycles. The Hall–Kier alpha value is -2.37. The quantitative estimate of drug-likeness (QED) is 0.628. The van der Waals surface area contributed by atoms with E-state index in [0.717, 1.165) is 19.5 Å². The summed E-state index contributed by atoms with van der Waals surface area (Å²) in [5, 5.41) is 0. The molecule has 0 fully saturated rings. The Kier molecular flexibility index (Phi) is 6.95. The SMILES string of the molecule is COC(=O)c1nccnc1N(CC(F)F)S(=O)(=O)CC(=O)OC(C)(C)C. The summed E-state index contributed by atoms with van der Waals surface area (Å²) >= 11 is 0. The van der Waals surface area contributed by atoms with Crippen LogP contribution < -0.4 is 4.31 Å². The second kappa shape index (κ2) is 8.34. The zero-order valence-electron chi connectivity index (χ0n) is 14.6. The molecular formula is C14H19F2N3O6S. The Bertz CT molecular complexity index is 764. The molecule has 146 valence electrons. The summed E-state index contributed by atoms with van der Waals surface area (Å²) in [7, 11) is -3.63. The molecule has 26 heavy (non-hydrogen) atoms. The highest BCUT2D eigenvalue weighted by atomic mass is 32.2. The average molecular weight is 395 g/mol. The molecule has 0 amide bonds. The first-order valence-electron chi connectivity index (χ1n) is 7.27. The molecule has 12 heteroatoms. The van der Waals surface area contributed by atoms with Crippen LogP contribution in [0.3, 0.4) is 0 Å². The predicted molar refractivity (Wildman–Crippen MR) is 86.4 cm³/mol. The third-order valence-corrected chi connectivity index (χ3v) is 4.25. The van der Waals surface area contributed by atoms with E-state index in [9.17, 15) is 26.8 Å². The zero-order chi connectivity index (χ0) is 20.1. The van der Waals surface area contributed by atoms with Crippen LogP contribution in [0.1, 0.15) is 31.3 Å². The summed E-state index contributed by atoms with van der Waals surface area (Å²) < 4.78 is 60.4. The maximum atomic E-state index is 12.9. The number of hydrogen-bond donors (Lipinski definition) is 0. The van der Waals surface area contributed by atoms with Crippen LogP contribution in [0.5, 0.6) is 0 Å². The topological polar surface area (TPSA) is 116 Å². The fourth-order valence-corrected chi connectivity index (χ4v) is 3.06. The summed E-state index contributed by atoms with van der Waals surface area (Å²) in [6, 6.07) is 0. The zero-order valence-corrected chi connectivity index (χ0v) is 15.4. The maximum Gasteiger partial charge on any atom is 0.360 e. The molecule has 1 aromatic rings. The number of carbonyl (C=O) groups excluding carboxylic acids is 2. The van der Waals surface area contributed by atoms with Gasteiger partial charge in [0, 0.05) is 12.4 Å². The molecule has 0 saturated heterocycles. The van der Waals surface area contributed by atoms with E-state index >= 15 is 0 Å². The molecule has 1 rings (SSSR count). The largest absolute Gasteiger partial charge is 0.464 e. The van der Waals surface area contributed by atoms with Gasteiger partial charge in [0.2, 0.25) is 10.0 Å². The molecule has 0 unspecified atom stereocenters. The van der Waals surface area contributed by atoms with Gasteiger partial charge < -0.3 is 9.47 Å². The lowest BCUT2D eigenvalue weighted by molar-refractivity contribution is -0.151. The van der Waals surface area contributed by atoms with Crippen molar-refractivity contribution in [3.63, 3.8) is 0 Å². The Labute approximate surface area is 149 Å². The van der Waals surface area contributed by atoms with Crippen LogP contribution in [-0.2, 0) is 24.3 Å². The average Bonchev–Trinajstić information content (AvgIpc) is 2.49. The lowest BCUT2D eigenvalue weighted by Crippen LogP contribution is -2.41. The van der Waals surface area contributed by atoms with E-state index in [0.29, 0.717) is 0 Å². The molecule has 1 aromatic heterocycles. The number of anilines is 1. The number of alkyl halides is 2. The van der Waals surface area contributed by atoms with E-state index in [-0.39, 0.29) is 4.31 Å². The first kappa shape index (κ1) is 21.7. The smallest absolute Gasteiger partial charge is 0.360 e. The summed E-state index contributed by atoms with van der Waals surface area (Å²) in [5.41, 5.74) is -1.55. The van der Waals surface area contributed by atoms with E-state index < -0.39 is 57.8 Å². The number of nitrogens with zero attached hydrogens (tertiary/aromatic N) is 3. The van der Waals surface area contributed by atoms with Crippen LogP contribution in [0.2, 0.25) is 0 Å². The second-order valence-corrected chi connectivity index (χ2v) is 7.88. The van der Waals surface area contributed by atoms with Crippen LogP contribution >= 0.6 is 0 Å². The van der Waals surface area contributed by atoms with Gasteiger partial charge in [-0.2, -0.15) is 0 Å². The fourth-order valence-electron chi connectivity index (χ4n) is 1.81. The van der Waals surface area contributed by atoms with Crippen molar-refractivity contribution in [3.8, 4) is 0 Å². The minimum absolute atomic E-state index is 0.154. The number of sulfonamides is 1. The Morgan fingerprint density at radius 2 is 1.81 bits per heavy atom. The number of carbonyl (C=O) groups is 2. The van der Waals surface area contributed by atoms with Crippen molar-refractivity contribution in [1.82, 2.24) is 9.97 Å². The van der Waals surface area contributed by atoms with Gasteiger partial charge in [0.05, 0.1) is 13.7 Å². The van der Waals surface area contributed by atoms with Gasteiger partial charge in [-0.3, -0.25) is 4.79 Å². The number of halogens is 2. The van der Waals surface area contributed by atoms with Gasteiger partial charge in [0.15, 0.2) is 17.3 Å². The number of esters is 2. The minimum atomic E-state index is -4.64. The number of aromatic nitrogens is 2. The summed E-state index contributed by atoms with van der Waals surface area (Å²) in [6.07, 6.45) is -1.02. The van der Waals surface area contributed by atoms with Gasteiger partial charge in [-0.05, 0) is 20.8 Å². The van der Waals surface area contributed by atoms with E-state index in [1.807, 2.05) is 0 Å². The molecule has 9 nitrogen and oxygen atoms in total. The highest BCUT2D eigenvalue weighted by Gasteiger charge is 2.34. The van der Waals surface area contributed by atoms with Gasteiger partial charge in [-0.25, -0.2) is 36.3 Å². The normalized spacial score (nSPS) is 12.0. The third-order valence-electron chi connectivity index (χ3n) is 2.65. The Morgan fingerprint density at radius 1 is 1.23 bits per heavy atom. The molecule has 0 aliphatic carbocycles. The molecule has 0 aromatic carbocycles. The van der Waals surface area contributed by atoms with Crippen molar-refractivity contribution in [3.05, 3.63) is 18.1 Å². The number of ether oxygens (including phenoxy) is 2. The van der Waals surface area contributed by atoms with Gasteiger partial charge in [-0.15, -0.1) is 0 Å². The monoisotopic (exact) mass is 395 g/mol. The lowest BCUT2D eigenvalue weighted by Gasteiger charge is -2.25. The van der Waals surface area contributed by atoms with Crippen molar-refractivity contribution < 1.29 is 36.3 Å². The molecule has 1 heterocycles. The van der Waals surface area contributed by atoms with E-state index in [1.54, 1.807) is 0 Å². The molecule has 0 aliphatic rings. The van der Waals surface area contributed by atoms with Gasteiger partial charge in [0.25, 0.3) is 6.43 Å². The Balaban J connectivity index is 3.30. The first-order valence-corrected chi connectivity index (χ1v) is 8.88. The number of rotatable bonds is 7. The van der Waals surface area contributed by atoms with E-state index in [2.05, 4.69) is 14.7 Å². The Morgan fingerprint density at radius 3 is 2.31 bits per heavy atom. The van der Waals surface area contributed by atoms with Crippen molar-refractivity contribution in [1.29, 1.82) is 0 Å². The molecular weight excluding hydrogens is 376 g/mol. The summed E-state index contributed by atoms with van der Waals surface area (Å²) in [5.74, 6) is -4.09. The van der Waals surface area contributed by atoms with Crippen LogP contribution in [0.4, 0.5) is 14.6 Å². The van der Waals surface area contributed by atoms with Crippen molar-refractivity contribution >= 4 is 27.8 Å². The van der Waals surface area contributed by atoms with Gasteiger partial charge in [-0.1, -0.05) is 0 Å². The molecule has 0 atom stereocenters. The van der Waals surface area contributed by atoms with Crippen LogP contribution in [0.25, 0.3) is 0 Å². The molecule has 0 N–H and O–H groups in total. The maximum absolute atomic E-state index is 12.9.